The highest BCUT2D eigenvalue weighted by Crippen LogP contribution is 2.28. The first kappa shape index (κ1) is 17.3. The van der Waals surface area contributed by atoms with Crippen LogP contribution in [0, 0.1) is 6.92 Å². The number of aliphatic hydroxyl groups is 1. The quantitative estimate of drug-likeness (QED) is 0.680. The van der Waals surface area contributed by atoms with Crippen LogP contribution in [-0.2, 0) is 11.3 Å². The molecule has 0 fully saturated rings. The van der Waals surface area contributed by atoms with Crippen LogP contribution < -0.4 is 10.1 Å². The molecule has 3 rings (SSSR count). The molecule has 1 aromatic carbocycles. The van der Waals surface area contributed by atoms with E-state index in [-0.39, 0.29) is 12.5 Å². The fourth-order valence-electron chi connectivity index (χ4n) is 2.31. The van der Waals surface area contributed by atoms with Crippen molar-refractivity contribution in [3.8, 4) is 5.75 Å². The molecule has 0 saturated carbocycles. The molecule has 0 bridgehead atoms. The minimum absolute atomic E-state index is 0.0310. The second-order valence-electron chi connectivity index (χ2n) is 5.60. The smallest absolute Gasteiger partial charge is 0.258 e. The summed E-state index contributed by atoms with van der Waals surface area (Å²) in [4.78, 5) is 13.6. The zero-order chi connectivity index (χ0) is 17.6. The average Bonchev–Trinajstić information content (AvgIpc) is 3.29. The van der Waals surface area contributed by atoms with Gasteiger partial charge in [0.1, 0.15) is 17.6 Å². The van der Waals surface area contributed by atoms with Crippen LogP contribution in [0.2, 0.25) is 0 Å². The summed E-state index contributed by atoms with van der Waals surface area (Å²) in [6.45, 7) is 2.33. The number of hydrogen-bond acceptors (Lipinski definition) is 5. The maximum atomic E-state index is 11.9. The van der Waals surface area contributed by atoms with Gasteiger partial charge in [-0.3, -0.25) is 4.79 Å². The van der Waals surface area contributed by atoms with Crippen LogP contribution in [0.5, 0.6) is 5.75 Å². The van der Waals surface area contributed by atoms with Gasteiger partial charge < -0.3 is 19.6 Å². The molecular weight excluding hydrogens is 338 g/mol. The van der Waals surface area contributed by atoms with Gasteiger partial charge in [-0.25, -0.2) is 0 Å². The maximum absolute atomic E-state index is 11.9. The summed E-state index contributed by atoms with van der Waals surface area (Å²) in [5.74, 6) is 0.988. The van der Waals surface area contributed by atoms with E-state index in [9.17, 15) is 9.90 Å². The van der Waals surface area contributed by atoms with E-state index in [4.69, 9.17) is 9.15 Å². The monoisotopic (exact) mass is 357 g/mol. The Kier molecular flexibility index (Phi) is 5.53. The molecule has 3 aromatic rings. The van der Waals surface area contributed by atoms with Crippen LogP contribution in [0.3, 0.4) is 0 Å². The molecule has 0 aliphatic heterocycles. The van der Waals surface area contributed by atoms with E-state index >= 15 is 0 Å². The van der Waals surface area contributed by atoms with Crippen molar-refractivity contribution in [1.29, 1.82) is 0 Å². The van der Waals surface area contributed by atoms with Gasteiger partial charge in [-0.05, 0) is 48.9 Å². The Morgan fingerprint density at radius 3 is 2.92 bits per heavy atom. The molecule has 2 aromatic heterocycles. The highest BCUT2D eigenvalue weighted by molar-refractivity contribution is 7.12. The first-order chi connectivity index (χ1) is 12.1. The molecule has 6 heteroatoms. The summed E-state index contributed by atoms with van der Waals surface area (Å²) < 4.78 is 10.7. The lowest BCUT2D eigenvalue weighted by molar-refractivity contribution is -0.123. The molecule has 1 atom stereocenters. The predicted molar refractivity (Wildman–Crippen MR) is 95.6 cm³/mol. The minimum atomic E-state index is -0.783. The van der Waals surface area contributed by atoms with Crippen LogP contribution in [0.4, 0.5) is 0 Å². The summed E-state index contributed by atoms with van der Waals surface area (Å²) in [7, 11) is 0. The van der Waals surface area contributed by atoms with Crippen molar-refractivity contribution in [2.75, 3.05) is 6.61 Å². The van der Waals surface area contributed by atoms with Crippen LogP contribution >= 0.6 is 11.3 Å². The molecule has 1 unspecified atom stereocenters. The topological polar surface area (TPSA) is 71.7 Å². The third kappa shape index (κ3) is 4.71. The third-order valence-corrected chi connectivity index (χ3v) is 4.72. The summed E-state index contributed by atoms with van der Waals surface area (Å²) in [6, 6.07) is 14.8. The second-order valence-corrected chi connectivity index (χ2v) is 6.80. The number of furan rings is 1. The fourth-order valence-corrected chi connectivity index (χ4v) is 3.26. The first-order valence-corrected chi connectivity index (χ1v) is 8.70. The molecule has 25 heavy (non-hydrogen) atoms. The standard InChI is InChI=1S/C19H19NO4S/c1-13-4-2-5-14(10-13)24-12-18(21)20-11-15-7-8-17(25-15)19(22)16-6-3-9-23-16/h2-10,19,22H,11-12H2,1H3,(H,20,21). The van der Waals surface area contributed by atoms with Crippen molar-refractivity contribution < 1.29 is 19.1 Å². The SMILES string of the molecule is Cc1cccc(OCC(=O)NCc2ccc(C(O)c3ccco3)s2)c1. The molecule has 0 saturated heterocycles. The Hall–Kier alpha value is -2.57. The van der Waals surface area contributed by atoms with Crippen LogP contribution in [0.25, 0.3) is 0 Å². The number of aliphatic hydroxyl groups excluding tert-OH is 1. The van der Waals surface area contributed by atoms with Crippen molar-refractivity contribution in [3.63, 3.8) is 0 Å². The molecule has 0 radical (unpaired) electrons. The van der Waals surface area contributed by atoms with E-state index in [1.807, 2.05) is 43.3 Å². The number of benzene rings is 1. The molecule has 0 aliphatic rings. The number of amides is 1. The number of ether oxygens (including phenoxy) is 1. The zero-order valence-corrected chi connectivity index (χ0v) is 14.6. The fraction of sp³-hybridized carbons (Fsp3) is 0.211. The number of aryl methyl sites for hydroxylation is 1. The van der Waals surface area contributed by atoms with Crippen molar-refractivity contribution in [2.24, 2.45) is 0 Å². The lowest BCUT2D eigenvalue weighted by Crippen LogP contribution is -2.28. The Labute approximate surface area is 149 Å². The number of carbonyl (C=O) groups excluding carboxylic acids is 1. The van der Waals surface area contributed by atoms with Gasteiger partial charge >= 0.3 is 0 Å². The van der Waals surface area contributed by atoms with E-state index in [1.54, 1.807) is 12.1 Å². The minimum Gasteiger partial charge on any atom is -0.484 e. The van der Waals surface area contributed by atoms with Gasteiger partial charge in [0.2, 0.25) is 0 Å². The summed E-state index contributed by atoms with van der Waals surface area (Å²) >= 11 is 1.43. The van der Waals surface area contributed by atoms with Crippen molar-refractivity contribution >= 4 is 17.2 Å². The molecule has 130 valence electrons. The zero-order valence-electron chi connectivity index (χ0n) is 13.8. The van der Waals surface area contributed by atoms with Crippen LogP contribution in [-0.4, -0.2) is 17.6 Å². The molecule has 1 amide bonds. The Morgan fingerprint density at radius 2 is 2.16 bits per heavy atom. The molecule has 2 heterocycles. The molecule has 0 aliphatic carbocycles. The summed E-state index contributed by atoms with van der Waals surface area (Å²) in [6.07, 6.45) is 0.746. The second kappa shape index (κ2) is 8.00. The van der Waals surface area contributed by atoms with Gasteiger partial charge in [-0.15, -0.1) is 11.3 Å². The van der Waals surface area contributed by atoms with Crippen molar-refractivity contribution in [1.82, 2.24) is 5.32 Å². The number of rotatable bonds is 7. The Balaban J connectivity index is 1.48. The first-order valence-electron chi connectivity index (χ1n) is 7.88. The van der Waals surface area contributed by atoms with Gasteiger partial charge in [-0.1, -0.05) is 12.1 Å². The highest BCUT2D eigenvalue weighted by atomic mass is 32.1. The van der Waals surface area contributed by atoms with Gasteiger partial charge in [0.25, 0.3) is 5.91 Å². The average molecular weight is 357 g/mol. The number of nitrogens with one attached hydrogen (secondary N) is 1. The van der Waals surface area contributed by atoms with Crippen molar-refractivity contribution in [3.05, 3.63) is 75.9 Å². The number of hydrogen-bond donors (Lipinski definition) is 2. The molecule has 0 spiro atoms. The van der Waals surface area contributed by atoms with E-state index < -0.39 is 6.10 Å². The lowest BCUT2D eigenvalue weighted by Gasteiger charge is -2.07. The number of thiophene rings is 1. The van der Waals surface area contributed by atoms with Crippen LogP contribution in [0.15, 0.2) is 59.2 Å². The third-order valence-electron chi connectivity index (χ3n) is 3.58. The molecule has 2 N–H and O–H groups in total. The van der Waals surface area contributed by atoms with E-state index in [1.165, 1.54) is 17.6 Å². The van der Waals surface area contributed by atoms with E-state index in [2.05, 4.69) is 5.32 Å². The van der Waals surface area contributed by atoms with Gasteiger partial charge in [0, 0.05) is 9.75 Å². The molecular formula is C19H19NO4S. The summed E-state index contributed by atoms with van der Waals surface area (Å²) in [5.41, 5.74) is 1.08. The van der Waals surface area contributed by atoms with Gasteiger partial charge in [-0.2, -0.15) is 0 Å². The number of carbonyl (C=O) groups is 1. The molecule has 5 nitrogen and oxygen atoms in total. The van der Waals surface area contributed by atoms with Crippen molar-refractivity contribution in [2.45, 2.75) is 19.6 Å². The van der Waals surface area contributed by atoms with E-state index in [0.29, 0.717) is 18.1 Å². The van der Waals surface area contributed by atoms with E-state index in [0.717, 1.165) is 15.3 Å². The Bertz CT molecular complexity index is 826. The highest BCUT2D eigenvalue weighted by Gasteiger charge is 2.15. The van der Waals surface area contributed by atoms with Gasteiger partial charge in [0.15, 0.2) is 6.61 Å². The summed E-state index contributed by atoms with van der Waals surface area (Å²) in [5, 5.41) is 13.0. The maximum Gasteiger partial charge on any atom is 0.258 e. The van der Waals surface area contributed by atoms with Crippen LogP contribution in [0.1, 0.15) is 27.2 Å². The largest absolute Gasteiger partial charge is 0.484 e. The Morgan fingerprint density at radius 1 is 1.28 bits per heavy atom. The normalized spacial score (nSPS) is 11.9. The predicted octanol–water partition coefficient (Wildman–Crippen LogP) is 3.43. The van der Waals surface area contributed by atoms with Gasteiger partial charge in [0.05, 0.1) is 12.8 Å². The lowest BCUT2D eigenvalue weighted by atomic mass is 10.2.